The molecule has 0 spiro atoms. The van der Waals surface area contributed by atoms with Gasteiger partial charge in [-0.05, 0) is 72.9 Å². The number of fused-ring (bicyclic) bond motifs is 1. The van der Waals surface area contributed by atoms with E-state index in [9.17, 15) is 14.7 Å². The van der Waals surface area contributed by atoms with Crippen molar-refractivity contribution in [1.29, 1.82) is 0 Å². The number of halogens is 1. The van der Waals surface area contributed by atoms with E-state index < -0.39 is 11.6 Å². The number of hydrogen-bond donors (Lipinski definition) is 3. The second kappa shape index (κ2) is 14.6. The Balaban J connectivity index is 0.000000189. The van der Waals surface area contributed by atoms with Gasteiger partial charge in [0.15, 0.2) is 11.5 Å². The lowest BCUT2D eigenvalue weighted by Gasteiger charge is -2.31. The van der Waals surface area contributed by atoms with Crippen molar-refractivity contribution < 1.29 is 28.9 Å². The zero-order valence-corrected chi connectivity index (χ0v) is 27.2. The number of nitrogen functional groups attached to an aromatic ring is 2. The molecule has 1 fully saturated rings. The number of carbonyl (C=O) groups is 2. The number of aromatic nitrogens is 2. The zero-order valence-electron chi connectivity index (χ0n) is 26.5. The van der Waals surface area contributed by atoms with Crippen LogP contribution < -0.4 is 25.7 Å². The molecule has 3 aromatic carbocycles. The third-order valence-electron chi connectivity index (χ3n) is 8.65. The van der Waals surface area contributed by atoms with Crippen molar-refractivity contribution in [3.63, 3.8) is 0 Å². The van der Waals surface area contributed by atoms with Crippen molar-refractivity contribution in [2.75, 3.05) is 32.8 Å². The average Bonchev–Trinajstić information content (AvgIpc) is 3.09. The fourth-order valence-corrected chi connectivity index (χ4v) is 6.37. The van der Waals surface area contributed by atoms with Gasteiger partial charge < -0.3 is 30.8 Å². The van der Waals surface area contributed by atoms with E-state index in [4.69, 9.17) is 37.3 Å². The Bertz CT molecular complexity index is 1790. The first-order chi connectivity index (χ1) is 22.6. The minimum Gasteiger partial charge on any atom is -0.507 e. The maximum absolute atomic E-state index is 12.6. The molecule has 47 heavy (non-hydrogen) atoms. The van der Waals surface area contributed by atoms with E-state index >= 15 is 0 Å². The van der Waals surface area contributed by atoms with E-state index in [2.05, 4.69) is 22.1 Å². The summed E-state index contributed by atoms with van der Waals surface area (Å²) in [6.45, 7) is 0. The first-order valence-electron chi connectivity index (χ1n) is 15.2. The quantitative estimate of drug-likeness (QED) is 0.185. The minimum absolute atomic E-state index is 0.0138. The van der Waals surface area contributed by atoms with Crippen molar-refractivity contribution in [2.45, 2.75) is 38.0 Å². The highest BCUT2D eigenvalue weighted by Crippen LogP contribution is 2.43. The number of carbonyl (C=O) groups excluding carboxylic acids is 2. The smallest absolute Gasteiger partial charge is 0.234 e. The van der Waals surface area contributed by atoms with Crippen LogP contribution in [0.2, 0.25) is 5.02 Å². The summed E-state index contributed by atoms with van der Waals surface area (Å²) < 4.78 is 15.9. The molecule has 10 nitrogen and oxygen atoms in total. The van der Waals surface area contributed by atoms with Gasteiger partial charge in [-0.3, -0.25) is 9.59 Å². The highest BCUT2D eigenvalue weighted by atomic mass is 35.5. The molecule has 0 aliphatic heterocycles. The summed E-state index contributed by atoms with van der Waals surface area (Å²) in [5.41, 5.74) is 15.4. The van der Waals surface area contributed by atoms with Gasteiger partial charge in [-0.25, -0.2) is 4.98 Å². The summed E-state index contributed by atoms with van der Waals surface area (Å²) >= 11 is 5.96. The van der Waals surface area contributed by atoms with Gasteiger partial charge in [0, 0.05) is 39.9 Å². The van der Waals surface area contributed by atoms with Gasteiger partial charge in [0.1, 0.15) is 11.6 Å². The number of allylic oxidation sites excluding steroid dienone is 1. The van der Waals surface area contributed by atoms with Crippen molar-refractivity contribution in [1.82, 2.24) is 9.97 Å². The monoisotopic (exact) mass is 656 g/mol. The van der Waals surface area contributed by atoms with Crippen molar-refractivity contribution in [2.24, 2.45) is 5.92 Å². The highest BCUT2D eigenvalue weighted by molar-refractivity contribution is 6.52. The number of rotatable bonds is 7. The molecule has 4 aromatic rings. The van der Waals surface area contributed by atoms with Gasteiger partial charge in [0.25, 0.3) is 0 Å². The summed E-state index contributed by atoms with van der Waals surface area (Å²) in [5.74, 6) is 1.52. The zero-order chi connectivity index (χ0) is 33.7. The van der Waals surface area contributed by atoms with E-state index in [1.54, 1.807) is 51.8 Å². The molecule has 2 aliphatic rings. The van der Waals surface area contributed by atoms with Crippen LogP contribution in [0.1, 0.15) is 64.2 Å². The van der Waals surface area contributed by atoms with E-state index in [0.29, 0.717) is 52.1 Å². The summed E-state index contributed by atoms with van der Waals surface area (Å²) in [5, 5.41) is 11.4. The summed E-state index contributed by atoms with van der Waals surface area (Å²) in [6.07, 6.45) is 5.56. The van der Waals surface area contributed by atoms with Gasteiger partial charge in [-0.2, -0.15) is 4.98 Å². The van der Waals surface area contributed by atoms with E-state index in [1.165, 1.54) is 5.56 Å². The van der Waals surface area contributed by atoms with Crippen LogP contribution in [0.5, 0.6) is 17.2 Å². The first kappa shape index (κ1) is 33.3. The van der Waals surface area contributed by atoms with Gasteiger partial charge in [-0.1, -0.05) is 48.0 Å². The van der Waals surface area contributed by atoms with Crippen LogP contribution in [0.15, 0.2) is 72.4 Å². The standard InChI is InChI=1S/C22H19ClO3.C14H18N4O3/c23-16-11-9-14(10-12-16)13-5-7-15(8-6-13)19-20(24)17-3-1-2-4-18(17)21(25)22(19)26;1-19-10-5-8(6-11(20-2)12(10)21-3)4-9-7-17-14(16)18-13(9)15/h1-4,9-13,15,24H,5-8H2;5-7H,4H2,1-3H3,(H4,15,16,17,18). The molecular weight excluding hydrogens is 620 g/mol. The van der Waals surface area contributed by atoms with Crippen molar-refractivity contribution in [3.8, 4) is 17.2 Å². The third-order valence-corrected chi connectivity index (χ3v) is 8.90. The van der Waals surface area contributed by atoms with Crippen LogP contribution >= 0.6 is 11.6 Å². The fourth-order valence-electron chi connectivity index (χ4n) is 6.24. The maximum atomic E-state index is 12.6. The number of benzene rings is 3. The number of aliphatic hydroxyl groups is 1. The topological polar surface area (TPSA) is 160 Å². The summed E-state index contributed by atoms with van der Waals surface area (Å²) in [4.78, 5) is 32.9. The number of anilines is 2. The molecule has 244 valence electrons. The predicted molar refractivity (Wildman–Crippen MR) is 181 cm³/mol. The molecule has 6 rings (SSSR count). The third kappa shape index (κ3) is 7.18. The van der Waals surface area contributed by atoms with Gasteiger partial charge in [-0.15, -0.1) is 0 Å². The van der Waals surface area contributed by atoms with Gasteiger partial charge in [0.2, 0.25) is 23.3 Å². The fraction of sp³-hybridized carbons (Fsp3) is 0.278. The highest BCUT2D eigenvalue weighted by Gasteiger charge is 2.38. The second-order valence-corrected chi connectivity index (χ2v) is 11.9. The molecule has 0 amide bonds. The Morgan fingerprint density at radius 1 is 0.830 bits per heavy atom. The Labute approximate surface area is 278 Å². The molecule has 5 N–H and O–H groups in total. The molecule has 0 bridgehead atoms. The lowest BCUT2D eigenvalue weighted by molar-refractivity contribution is -0.112. The number of nitrogens with zero attached hydrogens (tertiary/aromatic N) is 2. The molecule has 11 heteroatoms. The predicted octanol–water partition coefficient (Wildman–Crippen LogP) is 6.61. The van der Waals surface area contributed by atoms with Crippen LogP contribution in [0.25, 0.3) is 5.76 Å². The van der Waals surface area contributed by atoms with E-state index in [-0.39, 0.29) is 17.6 Å². The van der Waals surface area contributed by atoms with Crippen LogP contribution in [-0.4, -0.2) is 48.0 Å². The van der Waals surface area contributed by atoms with Crippen molar-refractivity contribution in [3.05, 3.63) is 105 Å². The Morgan fingerprint density at radius 2 is 1.43 bits per heavy atom. The first-order valence-corrected chi connectivity index (χ1v) is 15.6. The Hall–Kier alpha value is -5.09. The van der Waals surface area contributed by atoms with Crippen molar-refractivity contribution >= 4 is 40.7 Å². The van der Waals surface area contributed by atoms with Gasteiger partial charge >= 0.3 is 0 Å². The minimum atomic E-state index is -0.545. The molecule has 0 unspecified atom stereocenters. The number of nitrogens with two attached hydrogens (primary N) is 2. The number of Topliss-reactive ketones (excluding diaryl/α,β-unsaturated/α-hetero) is 2. The lowest BCUT2D eigenvalue weighted by Crippen LogP contribution is -2.29. The normalized spacial score (nSPS) is 17.4. The van der Waals surface area contributed by atoms with Gasteiger partial charge in [0.05, 0.1) is 21.3 Å². The summed E-state index contributed by atoms with van der Waals surface area (Å²) in [6, 6.07) is 18.4. The number of ether oxygens (including phenoxy) is 3. The molecule has 0 atom stereocenters. The summed E-state index contributed by atoms with van der Waals surface area (Å²) in [7, 11) is 4.70. The van der Waals surface area contributed by atoms with E-state index in [0.717, 1.165) is 41.8 Å². The molecule has 0 radical (unpaired) electrons. The van der Waals surface area contributed by atoms with E-state index in [1.807, 2.05) is 24.3 Å². The second-order valence-electron chi connectivity index (χ2n) is 11.4. The Kier molecular flexibility index (Phi) is 10.3. The number of aliphatic hydroxyl groups excluding tert-OH is 1. The Morgan fingerprint density at radius 3 is 2.00 bits per heavy atom. The average molecular weight is 657 g/mol. The maximum Gasteiger partial charge on any atom is 0.234 e. The van der Waals surface area contributed by atoms with Crippen LogP contribution in [-0.2, 0) is 11.2 Å². The molecule has 0 saturated heterocycles. The van der Waals surface area contributed by atoms with Crippen LogP contribution in [0.3, 0.4) is 0 Å². The van der Waals surface area contributed by atoms with Crippen LogP contribution in [0, 0.1) is 5.92 Å². The molecule has 1 heterocycles. The number of ketones is 2. The number of methoxy groups -OCH3 is 3. The van der Waals surface area contributed by atoms with Crippen LogP contribution in [0.4, 0.5) is 11.8 Å². The molecular formula is C36H37ClN4O6. The SMILES string of the molecule is COc1cc(Cc2cnc(N)nc2N)cc(OC)c1OC.O=C1C(=O)c2ccccc2C(O)=C1C1CCC(c2ccc(Cl)cc2)CC1. The largest absolute Gasteiger partial charge is 0.507 e. The number of hydrogen-bond acceptors (Lipinski definition) is 10. The molecule has 1 aromatic heterocycles. The molecule has 2 aliphatic carbocycles. The molecule has 1 saturated carbocycles. The lowest BCUT2D eigenvalue weighted by atomic mass is 9.72.